The fraction of sp³-hybridized carbons (Fsp3) is 0.286. The lowest BCUT2D eigenvalue weighted by atomic mass is 10.0. The smallest absolute Gasteiger partial charge is 0.408 e. The second-order valence-corrected chi connectivity index (χ2v) is 6.94. The molecule has 25 heavy (non-hydrogen) atoms. The van der Waals surface area contributed by atoms with Gasteiger partial charge < -0.3 is 9.32 Å². The fourth-order valence-electron chi connectivity index (χ4n) is 4.21. The molecule has 1 aliphatic carbocycles. The Kier molecular flexibility index (Phi) is 3.30. The van der Waals surface area contributed by atoms with Crippen LogP contribution in [0.4, 0.5) is 0 Å². The predicted molar refractivity (Wildman–Crippen MR) is 98.4 cm³/mol. The van der Waals surface area contributed by atoms with E-state index in [0.717, 1.165) is 37.9 Å². The van der Waals surface area contributed by atoms with Crippen molar-refractivity contribution in [1.29, 1.82) is 0 Å². The summed E-state index contributed by atoms with van der Waals surface area (Å²) in [4.78, 5) is 14.8. The lowest BCUT2D eigenvalue weighted by molar-refractivity contribution is 0.223. The minimum absolute atomic E-state index is 0.219. The van der Waals surface area contributed by atoms with Crippen molar-refractivity contribution in [2.75, 3.05) is 13.1 Å². The number of piperidine rings is 1. The molecule has 126 valence electrons. The van der Waals surface area contributed by atoms with Crippen molar-refractivity contribution in [2.24, 2.45) is 0 Å². The third-order valence-corrected chi connectivity index (χ3v) is 5.50. The Bertz CT molecular complexity index is 1020. The van der Waals surface area contributed by atoms with Gasteiger partial charge in [-0.25, -0.2) is 4.79 Å². The summed E-state index contributed by atoms with van der Waals surface area (Å²) in [5.41, 5.74) is 5.76. The highest BCUT2D eigenvalue weighted by molar-refractivity contribution is 5.72. The zero-order chi connectivity index (χ0) is 16.8. The van der Waals surface area contributed by atoms with E-state index in [-0.39, 0.29) is 11.8 Å². The number of rotatable bonds is 2. The van der Waals surface area contributed by atoms with E-state index in [1.165, 1.54) is 16.8 Å². The summed E-state index contributed by atoms with van der Waals surface area (Å²) in [5.74, 6) is -0.230. The van der Waals surface area contributed by atoms with Crippen LogP contribution in [0, 0.1) is 0 Å². The summed E-state index contributed by atoms with van der Waals surface area (Å²) in [6, 6.07) is 16.5. The molecule has 1 saturated heterocycles. The molecule has 0 saturated carbocycles. The van der Waals surface area contributed by atoms with Crippen molar-refractivity contribution in [2.45, 2.75) is 25.3 Å². The van der Waals surface area contributed by atoms with Crippen molar-refractivity contribution < 1.29 is 4.42 Å². The van der Waals surface area contributed by atoms with Crippen LogP contribution in [0.1, 0.15) is 30.0 Å². The first-order valence-electron chi connectivity index (χ1n) is 8.93. The van der Waals surface area contributed by atoms with Crippen molar-refractivity contribution in [3.8, 4) is 0 Å². The maximum absolute atomic E-state index is 12.3. The molecule has 0 N–H and O–H groups in total. The molecule has 4 nitrogen and oxygen atoms in total. The van der Waals surface area contributed by atoms with Crippen LogP contribution in [-0.4, -0.2) is 22.6 Å². The number of fused-ring (bicyclic) bond motifs is 2. The van der Waals surface area contributed by atoms with Crippen molar-refractivity contribution >= 4 is 17.2 Å². The van der Waals surface area contributed by atoms with Crippen molar-refractivity contribution in [1.82, 2.24) is 9.47 Å². The topological polar surface area (TPSA) is 38.4 Å². The van der Waals surface area contributed by atoms with E-state index >= 15 is 0 Å². The van der Waals surface area contributed by atoms with Crippen LogP contribution in [0.5, 0.6) is 0 Å². The van der Waals surface area contributed by atoms with Gasteiger partial charge in [-0.1, -0.05) is 36.4 Å². The molecule has 0 spiro atoms. The number of hydrogen-bond acceptors (Lipinski definition) is 3. The van der Waals surface area contributed by atoms with Crippen molar-refractivity contribution in [3.05, 3.63) is 75.9 Å². The Morgan fingerprint density at radius 1 is 0.960 bits per heavy atom. The van der Waals surface area contributed by atoms with Gasteiger partial charge in [-0.15, -0.1) is 0 Å². The first-order valence-corrected chi connectivity index (χ1v) is 8.93. The molecule has 2 aliphatic rings. The molecule has 2 aromatic carbocycles. The number of hydrogen-bond donors (Lipinski definition) is 0. The number of aromatic nitrogens is 1. The average molecular weight is 332 g/mol. The summed E-state index contributed by atoms with van der Waals surface area (Å²) >= 11 is 0. The molecule has 0 bridgehead atoms. The Labute approximate surface area is 146 Å². The Morgan fingerprint density at radius 2 is 1.72 bits per heavy atom. The Balaban J connectivity index is 1.35. The van der Waals surface area contributed by atoms with Crippen LogP contribution in [0.2, 0.25) is 0 Å². The van der Waals surface area contributed by atoms with E-state index in [1.54, 1.807) is 0 Å². The summed E-state index contributed by atoms with van der Waals surface area (Å²) in [6.45, 7) is 1.97. The van der Waals surface area contributed by atoms with Gasteiger partial charge in [-0.2, -0.15) is 0 Å². The average Bonchev–Trinajstić information content (AvgIpc) is 3.22. The van der Waals surface area contributed by atoms with Crippen LogP contribution >= 0.6 is 0 Å². The van der Waals surface area contributed by atoms with Gasteiger partial charge in [-0.05, 0) is 42.2 Å². The molecule has 1 aromatic heterocycles. The van der Waals surface area contributed by atoms with Gasteiger partial charge in [0.05, 0.1) is 5.52 Å². The van der Waals surface area contributed by atoms with E-state index in [2.05, 4.69) is 35.2 Å². The molecule has 5 rings (SSSR count). The third kappa shape index (κ3) is 2.40. The molecular formula is C21H20N2O2. The van der Waals surface area contributed by atoms with E-state index in [9.17, 15) is 4.79 Å². The monoisotopic (exact) mass is 332 g/mol. The SMILES string of the molecule is O=c1oc2ccccc2n1C1CCN(C2=Cc3ccccc3C2)CC1. The number of oxazole rings is 1. The highest BCUT2D eigenvalue weighted by Crippen LogP contribution is 2.32. The second-order valence-electron chi connectivity index (χ2n) is 6.94. The maximum atomic E-state index is 12.3. The molecule has 0 atom stereocenters. The number of likely N-dealkylation sites (tertiary alicyclic amines) is 1. The summed E-state index contributed by atoms with van der Waals surface area (Å²) < 4.78 is 7.26. The Hall–Kier alpha value is -2.75. The molecule has 0 amide bonds. The predicted octanol–water partition coefficient (Wildman–Crippen LogP) is 3.83. The van der Waals surface area contributed by atoms with Gasteiger partial charge >= 0.3 is 5.76 Å². The molecule has 3 aromatic rings. The maximum Gasteiger partial charge on any atom is 0.420 e. The molecule has 0 unspecified atom stereocenters. The summed E-state index contributed by atoms with van der Waals surface area (Å²) in [6.07, 6.45) is 5.28. The van der Waals surface area contributed by atoms with E-state index < -0.39 is 0 Å². The zero-order valence-electron chi connectivity index (χ0n) is 14.0. The van der Waals surface area contributed by atoms with Crippen LogP contribution < -0.4 is 5.76 Å². The quantitative estimate of drug-likeness (QED) is 0.716. The van der Waals surface area contributed by atoms with Crippen LogP contribution in [-0.2, 0) is 6.42 Å². The standard InChI is InChI=1S/C21H20N2O2/c24-21-23(19-7-3-4-8-20(19)25-21)17-9-11-22(12-10-17)18-13-15-5-1-2-6-16(15)14-18/h1-8,13,17H,9-12,14H2. The van der Waals surface area contributed by atoms with Crippen LogP contribution in [0.3, 0.4) is 0 Å². The molecule has 2 heterocycles. The van der Waals surface area contributed by atoms with Gasteiger partial charge in [0.2, 0.25) is 0 Å². The summed E-state index contributed by atoms with van der Waals surface area (Å²) in [7, 11) is 0. The summed E-state index contributed by atoms with van der Waals surface area (Å²) in [5, 5.41) is 0. The zero-order valence-corrected chi connectivity index (χ0v) is 14.0. The number of nitrogens with zero attached hydrogens (tertiary/aromatic N) is 2. The van der Waals surface area contributed by atoms with Crippen molar-refractivity contribution in [3.63, 3.8) is 0 Å². The molecule has 0 radical (unpaired) electrons. The van der Waals surface area contributed by atoms with Gasteiger partial charge in [0.1, 0.15) is 0 Å². The second kappa shape index (κ2) is 5.66. The third-order valence-electron chi connectivity index (χ3n) is 5.50. The lowest BCUT2D eigenvalue weighted by Gasteiger charge is -2.34. The molecular weight excluding hydrogens is 312 g/mol. The highest BCUT2D eigenvalue weighted by Gasteiger charge is 2.26. The molecule has 4 heteroatoms. The van der Waals surface area contributed by atoms with Gasteiger partial charge in [-0.3, -0.25) is 4.57 Å². The largest absolute Gasteiger partial charge is 0.420 e. The van der Waals surface area contributed by atoms with Crippen LogP contribution in [0.15, 0.2) is 63.4 Å². The first-order chi connectivity index (χ1) is 12.3. The number of para-hydroxylation sites is 2. The van der Waals surface area contributed by atoms with E-state index in [1.807, 2.05) is 28.8 Å². The number of benzene rings is 2. The minimum Gasteiger partial charge on any atom is -0.408 e. The van der Waals surface area contributed by atoms with E-state index in [4.69, 9.17) is 4.42 Å². The van der Waals surface area contributed by atoms with E-state index in [0.29, 0.717) is 5.58 Å². The Morgan fingerprint density at radius 3 is 2.56 bits per heavy atom. The first kappa shape index (κ1) is 14.6. The van der Waals surface area contributed by atoms with Gasteiger partial charge in [0.15, 0.2) is 5.58 Å². The fourth-order valence-corrected chi connectivity index (χ4v) is 4.21. The highest BCUT2D eigenvalue weighted by atomic mass is 16.4. The normalized spacial score (nSPS) is 17.8. The number of allylic oxidation sites excluding steroid dienone is 1. The molecule has 1 aliphatic heterocycles. The molecule has 1 fully saturated rings. The van der Waals surface area contributed by atoms with Crippen LogP contribution in [0.25, 0.3) is 17.2 Å². The van der Waals surface area contributed by atoms with Gasteiger partial charge in [0, 0.05) is 31.2 Å². The lowest BCUT2D eigenvalue weighted by Crippen LogP contribution is -2.36. The van der Waals surface area contributed by atoms with Gasteiger partial charge in [0.25, 0.3) is 0 Å². The minimum atomic E-state index is -0.230.